The topological polar surface area (TPSA) is 3.24 Å². The zero-order valence-corrected chi connectivity index (χ0v) is 34.6. The first kappa shape index (κ1) is 35.7. The van der Waals surface area contributed by atoms with E-state index in [9.17, 15) is 0 Å². The van der Waals surface area contributed by atoms with Gasteiger partial charge in [-0.25, -0.2) is 0 Å². The summed E-state index contributed by atoms with van der Waals surface area (Å²) in [5, 5.41) is 2.53. The molecule has 1 nitrogen and oxygen atoms in total. The molecule has 0 spiro atoms. The molecule has 290 valence electrons. The summed E-state index contributed by atoms with van der Waals surface area (Å²) >= 11 is 0. The molecule has 0 N–H and O–H groups in total. The summed E-state index contributed by atoms with van der Waals surface area (Å²) in [4.78, 5) is 2.55. The Labute approximate surface area is 358 Å². The lowest BCUT2D eigenvalue weighted by Crippen LogP contribution is -2.29. The van der Waals surface area contributed by atoms with E-state index in [2.05, 4.69) is 219 Å². The van der Waals surface area contributed by atoms with Crippen LogP contribution < -0.4 is 4.90 Å². The van der Waals surface area contributed by atoms with Crippen LogP contribution in [0.4, 0.5) is 17.1 Å². The molecule has 3 aliphatic rings. The zero-order chi connectivity index (χ0) is 40.9. The van der Waals surface area contributed by atoms with Crippen molar-refractivity contribution in [1.29, 1.82) is 0 Å². The predicted molar refractivity (Wildman–Crippen MR) is 256 cm³/mol. The van der Waals surface area contributed by atoms with E-state index in [0.29, 0.717) is 0 Å². The molecule has 0 bridgehead atoms. The molecule has 0 heterocycles. The Morgan fingerprint density at radius 2 is 1.02 bits per heavy atom. The van der Waals surface area contributed by atoms with Gasteiger partial charge in [-0.05, 0) is 132 Å². The Morgan fingerprint density at radius 1 is 0.443 bits per heavy atom. The van der Waals surface area contributed by atoms with Crippen LogP contribution in [-0.4, -0.2) is 0 Å². The molecule has 9 aromatic rings. The smallest absolute Gasteiger partial charge is 0.0720 e. The molecule has 0 atom stereocenters. The third-order valence-corrected chi connectivity index (χ3v) is 14.1. The zero-order valence-electron chi connectivity index (χ0n) is 34.6. The van der Waals surface area contributed by atoms with Crippen LogP contribution in [0.1, 0.15) is 64.8 Å². The van der Waals surface area contributed by atoms with E-state index >= 15 is 0 Å². The molecule has 3 aliphatic carbocycles. The first-order chi connectivity index (χ1) is 29.9. The van der Waals surface area contributed by atoms with Crippen molar-refractivity contribution in [2.75, 3.05) is 4.90 Å². The Hall–Kier alpha value is -7.22. The molecule has 12 rings (SSSR count). The quantitative estimate of drug-likeness (QED) is 0.168. The minimum atomic E-state index is -0.578. The summed E-state index contributed by atoms with van der Waals surface area (Å²) < 4.78 is 0. The van der Waals surface area contributed by atoms with Crippen molar-refractivity contribution in [2.24, 2.45) is 0 Å². The van der Waals surface area contributed by atoms with Crippen molar-refractivity contribution >= 4 is 33.4 Å². The number of benzene rings is 9. The van der Waals surface area contributed by atoms with Gasteiger partial charge in [0.05, 0.1) is 11.1 Å². The average molecular weight is 780 g/mol. The van der Waals surface area contributed by atoms with E-state index in [0.717, 1.165) is 29.9 Å². The molecule has 0 aliphatic heterocycles. The van der Waals surface area contributed by atoms with Crippen LogP contribution in [0, 0.1) is 0 Å². The number of hydrogen-bond donors (Lipinski definition) is 0. The van der Waals surface area contributed by atoms with Crippen LogP contribution in [0.3, 0.4) is 0 Å². The number of hydrogen-bond acceptors (Lipinski definition) is 1. The second-order valence-corrected chi connectivity index (χ2v) is 17.6. The van der Waals surface area contributed by atoms with Gasteiger partial charge in [-0.15, -0.1) is 0 Å². The molecular formula is C60H45N. The van der Waals surface area contributed by atoms with Gasteiger partial charge in [0, 0.05) is 22.4 Å². The minimum Gasteiger partial charge on any atom is -0.310 e. The van der Waals surface area contributed by atoms with Gasteiger partial charge in [-0.1, -0.05) is 190 Å². The van der Waals surface area contributed by atoms with Crippen LogP contribution in [0.25, 0.3) is 49.7 Å². The van der Waals surface area contributed by atoms with Crippen LogP contribution >= 0.6 is 0 Å². The maximum Gasteiger partial charge on any atom is 0.0720 e. The highest BCUT2D eigenvalue weighted by atomic mass is 15.1. The normalized spacial score (nSPS) is 14.9. The van der Waals surface area contributed by atoms with Gasteiger partial charge < -0.3 is 4.90 Å². The Kier molecular flexibility index (Phi) is 7.84. The molecule has 61 heavy (non-hydrogen) atoms. The molecule has 0 saturated carbocycles. The summed E-state index contributed by atoms with van der Waals surface area (Å²) in [6.45, 7) is 9.46. The maximum absolute atomic E-state index is 4.70. The predicted octanol–water partition coefficient (Wildman–Crippen LogP) is 15.6. The third-order valence-electron chi connectivity index (χ3n) is 14.1. The summed E-state index contributed by atoms with van der Waals surface area (Å²) in [5.41, 5.74) is 22.1. The van der Waals surface area contributed by atoms with Crippen molar-refractivity contribution in [1.82, 2.24) is 0 Å². The van der Waals surface area contributed by atoms with Gasteiger partial charge in [0.25, 0.3) is 0 Å². The first-order valence-corrected chi connectivity index (χ1v) is 21.7. The monoisotopic (exact) mass is 779 g/mol. The van der Waals surface area contributed by atoms with Crippen LogP contribution in [0.5, 0.6) is 0 Å². The van der Waals surface area contributed by atoms with E-state index in [4.69, 9.17) is 6.58 Å². The van der Waals surface area contributed by atoms with Gasteiger partial charge in [0.2, 0.25) is 0 Å². The highest BCUT2D eigenvalue weighted by Gasteiger charge is 2.47. The van der Waals surface area contributed by atoms with Gasteiger partial charge in [-0.3, -0.25) is 0 Å². The summed E-state index contributed by atoms with van der Waals surface area (Å²) in [6, 6.07) is 75.3. The molecule has 0 saturated heterocycles. The molecule has 0 amide bonds. The molecule has 0 radical (unpaired) electrons. The van der Waals surface area contributed by atoms with Crippen LogP contribution in [0.2, 0.25) is 0 Å². The minimum absolute atomic E-state index is 0.154. The second-order valence-electron chi connectivity index (χ2n) is 17.6. The number of fused-ring (bicyclic) bond motifs is 11. The lowest BCUT2D eigenvalue weighted by Gasteiger charge is -2.36. The molecule has 0 aromatic heterocycles. The standard InChI is InChI=1S/C60H45N/c1-39-29-30-40-17-10-12-23-47(40)57-46(39)26-16-28-56(57)61(44-32-35-50-49-25-14-15-27-53(49)59(2,3)54(50)37-44)45-33-36-51-52-34-31-41-18-11-13-24-48(41)58(52)60(55(51)38-45,42-19-6-4-7-20-42)43-21-8-5-9-22-43/h4-28,31-38H,1,29-30H2,2-3H3. The second kappa shape index (κ2) is 13.4. The fourth-order valence-corrected chi connectivity index (χ4v) is 11.4. The Bertz CT molecular complexity index is 3200. The van der Waals surface area contributed by atoms with Gasteiger partial charge in [0.1, 0.15) is 0 Å². The number of rotatable bonds is 5. The summed E-state index contributed by atoms with van der Waals surface area (Å²) in [7, 11) is 0. The third kappa shape index (κ3) is 5.07. The highest BCUT2D eigenvalue weighted by molar-refractivity contribution is 6.02. The number of allylic oxidation sites excluding steroid dienone is 1. The Balaban J connectivity index is 1.18. The number of anilines is 3. The molecule has 0 unspecified atom stereocenters. The molecule has 9 aromatic carbocycles. The molecule has 1 heteroatoms. The molecule has 0 fully saturated rings. The summed E-state index contributed by atoms with van der Waals surface area (Å²) in [6.07, 6.45) is 1.90. The highest BCUT2D eigenvalue weighted by Crippen LogP contribution is 2.60. The lowest BCUT2D eigenvalue weighted by atomic mass is 9.66. The fourth-order valence-electron chi connectivity index (χ4n) is 11.4. The van der Waals surface area contributed by atoms with E-state index < -0.39 is 5.41 Å². The van der Waals surface area contributed by atoms with Crippen molar-refractivity contribution in [2.45, 2.75) is 37.5 Å². The molecular weight excluding hydrogens is 735 g/mol. The average Bonchev–Trinajstić information content (AvgIpc) is 3.67. The van der Waals surface area contributed by atoms with Gasteiger partial charge in [0.15, 0.2) is 0 Å². The van der Waals surface area contributed by atoms with Gasteiger partial charge in [-0.2, -0.15) is 0 Å². The largest absolute Gasteiger partial charge is 0.310 e. The van der Waals surface area contributed by atoms with E-state index in [1.807, 2.05) is 0 Å². The summed E-state index contributed by atoms with van der Waals surface area (Å²) in [5.74, 6) is 0. The fraction of sp³-hybridized carbons (Fsp3) is 0.100. The van der Waals surface area contributed by atoms with Gasteiger partial charge >= 0.3 is 0 Å². The number of nitrogens with zero attached hydrogens (tertiary/aromatic N) is 1. The van der Waals surface area contributed by atoms with Crippen molar-refractivity contribution in [3.05, 3.63) is 251 Å². The lowest BCUT2D eigenvalue weighted by molar-refractivity contribution is 0.660. The van der Waals surface area contributed by atoms with Crippen molar-refractivity contribution in [3.8, 4) is 33.4 Å². The van der Waals surface area contributed by atoms with E-state index in [-0.39, 0.29) is 5.41 Å². The maximum atomic E-state index is 4.70. The SMILES string of the molecule is C=C1CCc2ccccc2-c2c1cccc2N(c1ccc2c(c1)C(C)(C)c1ccccc1-2)c1ccc2c(c1)C(c1ccccc1)(c1ccccc1)c1c-2ccc2ccccc12. The van der Waals surface area contributed by atoms with E-state index in [1.54, 1.807) is 0 Å². The number of aryl methyl sites for hydroxylation is 1. The van der Waals surface area contributed by atoms with E-state index in [1.165, 1.54) is 94.2 Å². The van der Waals surface area contributed by atoms with Crippen molar-refractivity contribution in [3.63, 3.8) is 0 Å². The van der Waals surface area contributed by atoms with Crippen LogP contribution in [-0.2, 0) is 17.3 Å². The first-order valence-electron chi connectivity index (χ1n) is 21.7. The van der Waals surface area contributed by atoms with Crippen LogP contribution in [0.15, 0.2) is 207 Å². The van der Waals surface area contributed by atoms with Crippen molar-refractivity contribution < 1.29 is 0 Å². The Morgan fingerprint density at radius 3 is 1.77 bits per heavy atom.